The highest BCUT2D eigenvalue weighted by molar-refractivity contribution is 7.12. The Hall–Kier alpha value is -2.41. The standard InChI is InChI=1S/C19H13ClN2O2S2/c20-13-5-6-18-21-14(11-22(18)10-13)12-24-19(23)16(17-4-2-8-26-17)9-15-3-1-7-25-15/h1-11H,12H2/b16-9+. The Morgan fingerprint density at radius 3 is 2.77 bits per heavy atom. The number of fused-ring (bicyclic) bond motifs is 1. The van der Waals surface area contributed by atoms with Crippen LogP contribution in [-0.2, 0) is 16.1 Å². The van der Waals surface area contributed by atoms with E-state index in [2.05, 4.69) is 4.98 Å². The summed E-state index contributed by atoms with van der Waals surface area (Å²) in [5.41, 5.74) is 1.98. The molecule has 0 saturated heterocycles. The van der Waals surface area contributed by atoms with Gasteiger partial charge in [0.05, 0.1) is 16.3 Å². The molecule has 7 heteroatoms. The monoisotopic (exact) mass is 400 g/mol. The van der Waals surface area contributed by atoms with Crippen molar-refractivity contribution in [2.75, 3.05) is 0 Å². The Bertz CT molecular complexity index is 1070. The summed E-state index contributed by atoms with van der Waals surface area (Å²) in [5, 5.41) is 4.54. The van der Waals surface area contributed by atoms with E-state index in [-0.39, 0.29) is 12.6 Å². The number of pyridine rings is 1. The first-order chi connectivity index (χ1) is 12.7. The summed E-state index contributed by atoms with van der Waals surface area (Å²) in [6.07, 6.45) is 5.44. The Labute approximate surface area is 163 Å². The van der Waals surface area contributed by atoms with Crippen molar-refractivity contribution in [3.05, 3.63) is 80.0 Å². The van der Waals surface area contributed by atoms with Gasteiger partial charge in [-0.05, 0) is 41.1 Å². The summed E-state index contributed by atoms with van der Waals surface area (Å²) in [7, 11) is 0. The summed E-state index contributed by atoms with van der Waals surface area (Å²) < 4.78 is 7.33. The number of rotatable bonds is 5. The Morgan fingerprint density at radius 2 is 2.00 bits per heavy atom. The number of ether oxygens (including phenoxy) is 1. The van der Waals surface area contributed by atoms with E-state index in [1.165, 1.54) is 11.3 Å². The van der Waals surface area contributed by atoms with E-state index in [0.717, 1.165) is 15.4 Å². The molecule has 26 heavy (non-hydrogen) atoms. The van der Waals surface area contributed by atoms with Gasteiger partial charge in [-0.25, -0.2) is 9.78 Å². The fourth-order valence-corrected chi connectivity index (χ4v) is 4.04. The lowest BCUT2D eigenvalue weighted by Crippen LogP contribution is -2.06. The molecule has 0 spiro atoms. The lowest BCUT2D eigenvalue weighted by Gasteiger charge is -2.05. The summed E-state index contributed by atoms with van der Waals surface area (Å²) >= 11 is 9.07. The number of esters is 1. The predicted octanol–water partition coefficient (Wildman–Crippen LogP) is 5.39. The molecule has 0 atom stereocenters. The molecule has 0 fully saturated rings. The van der Waals surface area contributed by atoms with Gasteiger partial charge in [0.25, 0.3) is 0 Å². The molecule has 4 aromatic heterocycles. The molecule has 4 aromatic rings. The van der Waals surface area contributed by atoms with Crippen LogP contribution in [0, 0.1) is 0 Å². The Kier molecular flexibility index (Phi) is 4.88. The molecular weight excluding hydrogens is 388 g/mol. The minimum absolute atomic E-state index is 0.102. The van der Waals surface area contributed by atoms with Crippen LogP contribution >= 0.6 is 34.3 Å². The third-order valence-corrected chi connectivity index (χ3v) is 5.60. The van der Waals surface area contributed by atoms with Gasteiger partial charge >= 0.3 is 5.97 Å². The first-order valence-corrected chi connectivity index (χ1v) is 9.92. The van der Waals surface area contributed by atoms with Gasteiger partial charge in [-0.1, -0.05) is 23.7 Å². The van der Waals surface area contributed by atoms with E-state index in [4.69, 9.17) is 16.3 Å². The van der Waals surface area contributed by atoms with E-state index in [9.17, 15) is 4.79 Å². The fraction of sp³-hybridized carbons (Fsp3) is 0.0526. The average Bonchev–Trinajstić information content (AvgIpc) is 3.37. The molecule has 4 nitrogen and oxygen atoms in total. The third-order valence-electron chi connectivity index (χ3n) is 3.65. The molecule has 0 aliphatic heterocycles. The molecule has 0 aliphatic carbocycles. The van der Waals surface area contributed by atoms with E-state index in [0.29, 0.717) is 16.3 Å². The molecule has 0 unspecified atom stereocenters. The van der Waals surface area contributed by atoms with Crippen LogP contribution < -0.4 is 0 Å². The SMILES string of the molecule is O=C(OCc1cn2cc(Cl)ccc2n1)/C(=C/c1cccs1)c1cccs1. The van der Waals surface area contributed by atoms with Gasteiger partial charge in [0, 0.05) is 22.1 Å². The van der Waals surface area contributed by atoms with Crippen molar-refractivity contribution >= 4 is 57.5 Å². The van der Waals surface area contributed by atoms with Crippen LogP contribution in [0.15, 0.2) is 59.6 Å². The summed E-state index contributed by atoms with van der Waals surface area (Å²) in [6.45, 7) is 0.102. The Morgan fingerprint density at radius 1 is 1.15 bits per heavy atom. The topological polar surface area (TPSA) is 43.6 Å². The van der Waals surface area contributed by atoms with Crippen molar-refractivity contribution in [2.24, 2.45) is 0 Å². The zero-order valence-corrected chi connectivity index (χ0v) is 15.9. The van der Waals surface area contributed by atoms with Crippen LogP contribution in [0.5, 0.6) is 0 Å². The number of carbonyl (C=O) groups is 1. The zero-order chi connectivity index (χ0) is 17.9. The number of halogens is 1. The van der Waals surface area contributed by atoms with E-state index in [1.54, 1.807) is 23.6 Å². The second kappa shape index (κ2) is 7.45. The van der Waals surface area contributed by atoms with Crippen molar-refractivity contribution in [1.29, 1.82) is 0 Å². The molecule has 4 rings (SSSR count). The maximum Gasteiger partial charge on any atom is 0.340 e. The quantitative estimate of drug-likeness (QED) is 0.333. The maximum atomic E-state index is 12.7. The molecule has 0 aliphatic rings. The van der Waals surface area contributed by atoms with Crippen LogP contribution in [0.4, 0.5) is 0 Å². The number of thiophene rings is 2. The van der Waals surface area contributed by atoms with Gasteiger partial charge in [-0.15, -0.1) is 22.7 Å². The van der Waals surface area contributed by atoms with Gasteiger partial charge in [-0.2, -0.15) is 0 Å². The summed E-state index contributed by atoms with van der Waals surface area (Å²) in [6, 6.07) is 11.4. The van der Waals surface area contributed by atoms with E-state index < -0.39 is 0 Å². The van der Waals surface area contributed by atoms with Crippen LogP contribution in [0.1, 0.15) is 15.4 Å². The molecule has 0 saturated carbocycles. The van der Waals surface area contributed by atoms with Crippen molar-refractivity contribution in [1.82, 2.24) is 9.38 Å². The smallest absolute Gasteiger partial charge is 0.340 e. The van der Waals surface area contributed by atoms with Gasteiger partial charge in [-0.3, -0.25) is 0 Å². The molecule has 0 bridgehead atoms. The van der Waals surface area contributed by atoms with Crippen molar-refractivity contribution in [3.63, 3.8) is 0 Å². The van der Waals surface area contributed by atoms with Crippen LogP contribution in [0.2, 0.25) is 5.02 Å². The predicted molar refractivity (Wildman–Crippen MR) is 107 cm³/mol. The van der Waals surface area contributed by atoms with Crippen molar-refractivity contribution in [2.45, 2.75) is 6.61 Å². The first-order valence-electron chi connectivity index (χ1n) is 7.78. The van der Waals surface area contributed by atoms with Crippen LogP contribution in [0.3, 0.4) is 0 Å². The van der Waals surface area contributed by atoms with Crippen LogP contribution in [-0.4, -0.2) is 15.4 Å². The minimum Gasteiger partial charge on any atom is -0.455 e. The highest BCUT2D eigenvalue weighted by atomic mass is 35.5. The highest BCUT2D eigenvalue weighted by Crippen LogP contribution is 2.26. The van der Waals surface area contributed by atoms with Gasteiger partial charge < -0.3 is 9.14 Å². The molecule has 4 heterocycles. The number of imidazole rings is 1. The molecular formula is C19H13ClN2O2S2. The molecule has 0 radical (unpaired) electrons. The number of hydrogen-bond acceptors (Lipinski definition) is 5. The molecule has 0 amide bonds. The highest BCUT2D eigenvalue weighted by Gasteiger charge is 2.16. The largest absolute Gasteiger partial charge is 0.455 e. The van der Waals surface area contributed by atoms with Crippen molar-refractivity contribution in [3.8, 4) is 0 Å². The maximum absolute atomic E-state index is 12.7. The van der Waals surface area contributed by atoms with Crippen molar-refractivity contribution < 1.29 is 9.53 Å². The molecule has 0 aromatic carbocycles. The molecule has 0 N–H and O–H groups in total. The average molecular weight is 401 g/mol. The summed E-state index contributed by atoms with van der Waals surface area (Å²) in [4.78, 5) is 19.0. The summed E-state index contributed by atoms with van der Waals surface area (Å²) in [5.74, 6) is -0.365. The number of hydrogen-bond donors (Lipinski definition) is 0. The van der Waals surface area contributed by atoms with Gasteiger partial charge in [0.15, 0.2) is 0 Å². The second-order valence-electron chi connectivity index (χ2n) is 5.47. The second-order valence-corrected chi connectivity index (χ2v) is 7.84. The lowest BCUT2D eigenvalue weighted by atomic mass is 10.2. The molecule has 130 valence electrons. The Balaban J connectivity index is 1.54. The fourth-order valence-electron chi connectivity index (χ4n) is 2.48. The van der Waals surface area contributed by atoms with Crippen LogP contribution in [0.25, 0.3) is 17.3 Å². The van der Waals surface area contributed by atoms with Gasteiger partial charge in [0.1, 0.15) is 12.3 Å². The van der Waals surface area contributed by atoms with E-state index in [1.807, 2.05) is 57.8 Å². The van der Waals surface area contributed by atoms with Gasteiger partial charge in [0.2, 0.25) is 0 Å². The first kappa shape index (κ1) is 17.0. The number of carbonyl (C=O) groups excluding carboxylic acids is 1. The number of nitrogens with zero attached hydrogens (tertiary/aromatic N) is 2. The third kappa shape index (κ3) is 3.72. The zero-order valence-electron chi connectivity index (χ0n) is 13.5. The normalized spacial score (nSPS) is 11.8. The minimum atomic E-state index is -0.365. The lowest BCUT2D eigenvalue weighted by molar-refractivity contribution is -0.137. The number of aromatic nitrogens is 2. The van der Waals surface area contributed by atoms with E-state index >= 15 is 0 Å².